The SMILES string of the molecule is C[C@@H](OC(=O)Nc1c(C#CC2=CCC(C3(C(=O)O)CC3)CC2)cnn1C)c1ccccc1. The summed E-state index contributed by atoms with van der Waals surface area (Å²) in [4.78, 5) is 24.0. The summed E-state index contributed by atoms with van der Waals surface area (Å²) in [7, 11) is 1.73. The molecule has 0 bridgehead atoms. The lowest BCUT2D eigenvalue weighted by atomic mass is 9.78. The van der Waals surface area contributed by atoms with E-state index in [0.717, 1.165) is 43.2 Å². The first-order valence-electron chi connectivity index (χ1n) is 10.9. The Morgan fingerprint density at radius 2 is 2.03 bits per heavy atom. The van der Waals surface area contributed by atoms with Gasteiger partial charge >= 0.3 is 12.1 Å². The number of aryl methyl sites for hydroxylation is 1. The molecular formula is C25H27N3O4. The summed E-state index contributed by atoms with van der Waals surface area (Å²) in [6.45, 7) is 1.82. The highest BCUT2D eigenvalue weighted by molar-refractivity contribution is 5.85. The van der Waals surface area contributed by atoms with E-state index >= 15 is 0 Å². The standard InChI is InChI=1S/C25H27N3O4/c1-17(19-6-4-3-5-7-19)32-24(31)27-22-20(16-26-28(22)2)11-8-18-9-12-21(13-10-18)25(14-15-25)23(29)30/h3-7,9,16-17,21H,10,12-15H2,1-2H3,(H,27,31)(H,29,30)/t17-,21?/m1/s1. The van der Waals surface area contributed by atoms with Crippen LogP contribution < -0.4 is 5.32 Å². The molecule has 1 unspecified atom stereocenters. The van der Waals surface area contributed by atoms with Gasteiger partial charge in [0.25, 0.3) is 0 Å². The fourth-order valence-electron chi connectivity index (χ4n) is 4.28. The third-order valence-corrected chi connectivity index (χ3v) is 6.48. The number of ether oxygens (including phenoxy) is 1. The molecule has 1 aromatic heterocycles. The second-order valence-electron chi connectivity index (χ2n) is 8.53. The molecule has 4 rings (SSSR count). The summed E-state index contributed by atoms with van der Waals surface area (Å²) < 4.78 is 7.03. The van der Waals surface area contributed by atoms with Gasteiger partial charge in [0.05, 0.1) is 17.2 Å². The normalized spacial score (nSPS) is 19.7. The Hall–Kier alpha value is -3.53. The number of carbonyl (C=O) groups excluding carboxylic acids is 1. The van der Waals surface area contributed by atoms with Crippen molar-refractivity contribution in [3.63, 3.8) is 0 Å². The number of aliphatic carboxylic acids is 1. The molecule has 1 heterocycles. The molecule has 7 nitrogen and oxygen atoms in total. The lowest BCUT2D eigenvalue weighted by Crippen LogP contribution is -2.26. The lowest BCUT2D eigenvalue weighted by molar-refractivity contribution is -0.145. The Bertz CT molecular complexity index is 1100. The number of benzene rings is 1. The van der Waals surface area contributed by atoms with Gasteiger partial charge in [-0.05, 0) is 56.1 Å². The number of carboxylic acid groups (broad SMARTS) is 1. The van der Waals surface area contributed by atoms with Gasteiger partial charge in [-0.1, -0.05) is 48.2 Å². The summed E-state index contributed by atoms with van der Waals surface area (Å²) in [5.74, 6) is 6.28. The molecule has 2 aromatic rings. The van der Waals surface area contributed by atoms with E-state index in [1.807, 2.05) is 37.3 Å². The number of rotatable bonds is 5. The largest absolute Gasteiger partial charge is 0.481 e. The van der Waals surface area contributed by atoms with Crippen LogP contribution in [0.4, 0.5) is 10.6 Å². The fraction of sp³-hybridized carbons (Fsp3) is 0.400. The molecule has 2 aliphatic carbocycles. The molecule has 0 aliphatic heterocycles. The average molecular weight is 434 g/mol. The van der Waals surface area contributed by atoms with Gasteiger partial charge in [0.2, 0.25) is 0 Å². The molecule has 0 radical (unpaired) electrons. The third kappa shape index (κ3) is 4.54. The van der Waals surface area contributed by atoms with Crippen molar-refractivity contribution in [1.29, 1.82) is 0 Å². The Labute approximate surface area is 187 Å². The summed E-state index contributed by atoms with van der Waals surface area (Å²) in [6, 6.07) is 9.52. The van der Waals surface area contributed by atoms with Gasteiger partial charge < -0.3 is 9.84 Å². The second kappa shape index (κ2) is 8.91. The summed E-state index contributed by atoms with van der Waals surface area (Å²) >= 11 is 0. The number of amides is 1. The topological polar surface area (TPSA) is 93.4 Å². The zero-order valence-corrected chi connectivity index (χ0v) is 18.3. The Morgan fingerprint density at radius 3 is 2.66 bits per heavy atom. The number of allylic oxidation sites excluding steroid dienone is 2. The molecule has 1 amide bonds. The zero-order chi connectivity index (χ0) is 22.7. The number of hydrogen-bond donors (Lipinski definition) is 2. The number of hydrogen-bond acceptors (Lipinski definition) is 4. The number of nitrogens with zero attached hydrogens (tertiary/aromatic N) is 2. The first-order valence-corrected chi connectivity index (χ1v) is 10.9. The van der Waals surface area contributed by atoms with E-state index in [9.17, 15) is 14.7 Å². The second-order valence-corrected chi connectivity index (χ2v) is 8.53. The molecule has 1 saturated carbocycles. The minimum atomic E-state index is -0.662. The van der Waals surface area contributed by atoms with Crippen LogP contribution in [0, 0.1) is 23.2 Å². The van der Waals surface area contributed by atoms with Crippen LogP contribution >= 0.6 is 0 Å². The first-order chi connectivity index (χ1) is 15.4. The number of aromatic nitrogens is 2. The van der Waals surface area contributed by atoms with Crippen LogP contribution in [0.1, 0.15) is 56.3 Å². The lowest BCUT2D eigenvalue weighted by Gasteiger charge is -2.25. The highest BCUT2D eigenvalue weighted by atomic mass is 16.6. The molecule has 2 N–H and O–H groups in total. The van der Waals surface area contributed by atoms with E-state index in [1.165, 1.54) is 0 Å². The van der Waals surface area contributed by atoms with Gasteiger partial charge in [0.1, 0.15) is 11.9 Å². The Kier molecular flexibility index (Phi) is 6.04. The van der Waals surface area contributed by atoms with Crippen LogP contribution in [0.2, 0.25) is 0 Å². The molecule has 32 heavy (non-hydrogen) atoms. The quantitative estimate of drug-likeness (QED) is 0.668. The molecule has 2 atom stereocenters. The van der Waals surface area contributed by atoms with Crippen molar-refractivity contribution >= 4 is 17.9 Å². The molecule has 7 heteroatoms. The van der Waals surface area contributed by atoms with Crippen molar-refractivity contribution in [2.45, 2.75) is 45.1 Å². The molecular weight excluding hydrogens is 406 g/mol. The number of carboxylic acids is 1. The van der Waals surface area contributed by atoms with E-state index in [1.54, 1.807) is 17.9 Å². The van der Waals surface area contributed by atoms with Crippen molar-refractivity contribution in [3.8, 4) is 11.8 Å². The van der Waals surface area contributed by atoms with Crippen molar-refractivity contribution < 1.29 is 19.4 Å². The van der Waals surface area contributed by atoms with E-state index in [2.05, 4.69) is 28.3 Å². The van der Waals surface area contributed by atoms with Gasteiger partial charge in [-0.25, -0.2) is 4.79 Å². The number of anilines is 1. The van der Waals surface area contributed by atoms with E-state index in [0.29, 0.717) is 11.4 Å². The predicted molar refractivity (Wildman–Crippen MR) is 120 cm³/mol. The van der Waals surface area contributed by atoms with Gasteiger partial charge in [-0.15, -0.1) is 0 Å². The van der Waals surface area contributed by atoms with Crippen molar-refractivity contribution in [2.75, 3.05) is 5.32 Å². The van der Waals surface area contributed by atoms with Crippen LogP contribution in [0.15, 0.2) is 48.2 Å². The van der Waals surface area contributed by atoms with Gasteiger partial charge in [-0.2, -0.15) is 5.10 Å². The van der Waals surface area contributed by atoms with E-state index < -0.39 is 17.5 Å². The third-order valence-electron chi connectivity index (χ3n) is 6.48. The van der Waals surface area contributed by atoms with E-state index in [-0.39, 0.29) is 12.0 Å². The summed E-state index contributed by atoms with van der Waals surface area (Å²) in [6.07, 6.45) is 6.63. The van der Waals surface area contributed by atoms with Crippen LogP contribution in [0.3, 0.4) is 0 Å². The maximum atomic E-state index is 12.4. The monoisotopic (exact) mass is 433 g/mol. The van der Waals surface area contributed by atoms with Crippen molar-refractivity contribution in [1.82, 2.24) is 9.78 Å². The van der Waals surface area contributed by atoms with Crippen LogP contribution in [0.25, 0.3) is 0 Å². The van der Waals surface area contributed by atoms with Gasteiger partial charge in [-0.3, -0.25) is 14.8 Å². The average Bonchev–Trinajstić information content (AvgIpc) is 3.54. The molecule has 0 saturated heterocycles. The minimum absolute atomic E-state index is 0.197. The zero-order valence-electron chi connectivity index (χ0n) is 18.3. The highest BCUT2D eigenvalue weighted by Crippen LogP contribution is 2.56. The molecule has 1 aromatic carbocycles. The van der Waals surface area contributed by atoms with Crippen LogP contribution in [-0.4, -0.2) is 26.9 Å². The smallest absolute Gasteiger partial charge is 0.413 e. The summed E-state index contributed by atoms with van der Waals surface area (Å²) in [5.41, 5.74) is 2.00. The number of carbonyl (C=O) groups is 2. The van der Waals surface area contributed by atoms with Crippen molar-refractivity contribution in [2.24, 2.45) is 18.4 Å². The predicted octanol–water partition coefficient (Wildman–Crippen LogP) is 4.67. The first kappa shape index (κ1) is 21.7. The fourth-order valence-corrected chi connectivity index (χ4v) is 4.28. The van der Waals surface area contributed by atoms with Crippen LogP contribution in [0.5, 0.6) is 0 Å². The minimum Gasteiger partial charge on any atom is -0.481 e. The summed E-state index contributed by atoms with van der Waals surface area (Å²) in [5, 5.41) is 16.4. The van der Waals surface area contributed by atoms with Crippen molar-refractivity contribution in [3.05, 3.63) is 59.3 Å². The van der Waals surface area contributed by atoms with Crippen LogP contribution in [-0.2, 0) is 16.6 Å². The highest BCUT2D eigenvalue weighted by Gasteiger charge is 2.55. The molecule has 1 fully saturated rings. The number of nitrogens with one attached hydrogen (secondary N) is 1. The maximum absolute atomic E-state index is 12.4. The molecule has 166 valence electrons. The van der Waals surface area contributed by atoms with Gasteiger partial charge in [0, 0.05) is 7.05 Å². The van der Waals surface area contributed by atoms with E-state index in [4.69, 9.17) is 4.74 Å². The van der Waals surface area contributed by atoms with Gasteiger partial charge in [0.15, 0.2) is 0 Å². The Balaban J connectivity index is 1.40. The molecule has 0 spiro atoms. The molecule has 2 aliphatic rings. The Morgan fingerprint density at radius 1 is 1.28 bits per heavy atom. The maximum Gasteiger partial charge on any atom is 0.413 e.